The standard InChI is InChI=1S/C15H13N3O4/c16-15(19)14-9-17(12-7-3-4-8-13(12)22-14)10-5-1-2-6-11(10)18(20)21/h1-8,14H,9H2,(H2,16,19)/t14-/m0/s1. The third-order valence-electron chi connectivity index (χ3n) is 3.46. The van der Waals surface area contributed by atoms with E-state index in [4.69, 9.17) is 10.5 Å². The first-order valence-electron chi connectivity index (χ1n) is 6.64. The van der Waals surface area contributed by atoms with Gasteiger partial charge >= 0.3 is 0 Å². The lowest BCUT2D eigenvalue weighted by Crippen LogP contribution is -2.45. The summed E-state index contributed by atoms with van der Waals surface area (Å²) in [5.74, 6) is -0.145. The van der Waals surface area contributed by atoms with E-state index in [2.05, 4.69) is 0 Å². The molecule has 1 atom stereocenters. The molecule has 0 fully saturated rings. The number of benzene rings is 2. The molecular weight excluding hydrogens is 286 g/mol. The highest BCUT2D eigenvalue weighted by atomic mass is 16.6. The summed E-state index contributed by atoms with van der Waals surface area (Å²) in [7, 11) is 0. The van der Waals surface area contributed by atoms with Crippen LogP contribution in [0.5, 0.6) is 5.75 Å². The molecule has 3 rings (SSSR count). The summed E-state index contributed by atoms with van der Waals surface area (Å²) in [5, 5.41) is 11.2. The lowest BCUT2D eigenvalue weighted by Gasteiger charge is -2.34. The zero-order chi connectivity index (χ0) is 15.7. The first kappa shape index (κ1) is 13.9. The van der Waals surface area contributed by atoms with Crippen LogP contribution in [0.4, 0.5) is 17.1 Å². The van der Waals surface area contributed by atoms with Gasteiger partial charge in [-0.3, -0.25) is 14.9 Å². The Bertz CT molecular complexity index is 747. The molecule has 7 nitrogen and oxygen atoms in total. The molecule has 112 valence electrons. The fraction of sp³-hybridized carbons (Fsp3) is 0.133. The van der Waals surface area contributed by atoms with Crippen molar-refractivity contribution in [3.05, 3.63) is 58.6 Å². The Hall–Kier alpha value is -3.09. The SMILES string of the molecule is NC(=O)[C@@H]1CN(c2ccccc2[N+](=O)[O-])c2ccccc2O1. The summed E-state index contributed by atoms with van der Waals surface area (Å²) in [5.41, 5.74) is 6.36. The minimum Gasteiger partial charge on any atom is -0.477 e. The zero-order valence-corrected chi connectivity index (χ0v) is 11.5. The van der Waals surface area contributed by atoms with Gasteiger partial charge in [0.2, 0.25) is 0 Å². The lowest BCUT2D eigenvalue weighted by molar-refractivity contribution is -0.384. The number of nitrogens with zero attached hydrogens (tertiary/aromatic N) is 2. The lowest BCUT2D eigenvalue weighted by atomic mass is 10.1. The molecule has 0 saturated heterocycles. The molecule has 7 heteroatoms. The van der Waals surface area contributed by atoms with Gasteiger partial charge in [0.15, 0.2) is 6.10 Å². The van der Waals surface area contributed by atoms with Crippen molar-refractivity contribution in [2.45, 2.75) is 6.10 Å². The predicted molar refractivity (Wildman–Crippen MR) is 80.2 cm³/mol. The Kier molecular flexibility index (Phi) is 3.38. The third-order valence-corrected chi connectivity index (χ3v) is 3.46. The summed E-state index contributed by atoms with van der Waals surface area (Å²) in [4.78, 5) is 24.0. The average molecular weight is 299 g/mol. The highest BCUT2D eigenvalue weighted by Crippen LogP contribution is 2.41. The number of anilines is 2. The molecule has 1 aliphatic heterocycles. The maximum Gasteiger partial charge on any atom is 0.292 e. The number of carbonyl (C=O) groups excluding carboxylic acids is 1. The number of hydrogen-bond acceptors (Lipinski definition) is 5. The van der Waals surface area contributed by atoms with Crippen LogP contribution in [0.2, 0.25) is 0 Å². The molecule has 2 N–H and O–H groups in total. The molecule has 0 spiro atoms. The largest absolute Gasteiger partial charge is 0.477 e. The Labute approximate surface area is 126 Å². The smallest absolute Gasteiger partial charge is 0.292 e. The number of amides is 1. The van der Waals surface area contributed by atoms with E-state index in [1.807, 2.05) is 0 Å². The van der Waals surface area contributed by atoms with Gasteiger partial charge in [-0.2, -0.15) is 0 Å². The number of carbonyl (C=O) groups is 1. The Morgan fingerprint density at radius 1 is 1.18 bits per heavy atom. The van der Waals surface area contributed by atoms with Gasteiger partial charge in [0.1, 0.15) is 11.4 Å². The van der Waals surface area contributed by atoms with E-state index in [-0.39, 0.29) is 12.2 Å². The van der Waals surface area contributed by atoms with Crippen LogP contribution in [0.1, 0.15) is 0 Å². The molecule has 0 saturated carbocycles. The molecule has 0 radical (unpaired) electrons. The second-order valence-electron chi connectivity index (χ2n) is 4.83. The topological polar surface area (TPSA) is 98.7 Å². The van der Waals surface area contributed by atoms with Crippen molar-refractivity contribution in [3.63, 3.8) is 0 Å². The van der Waals surface area contributed by atoms with Gasteiger partial charge in [-0.15, -0.1) is 0 Å². The summed E-state index contributed by atoms with van der Waals surface area (Å²) >= 11 is 0. The monoisotopic (exact) mass is 299 g/mol. The van der Waals surface area contributed by atoms with Gasteiger partial charge in [0, 0.05) is 6.07 Å². The second-order valence-corrected chi connectivity index (χ2v) is 4.83. The molecule has 1 heterocycles. The molecule has 0 aliphatic carbocycles. The number of nitro groups is 1. The molecule has 2 aromatic rings. The van der Waals surface area contributed by atoms with E-state index >= 15 is 0 Å². The number of para-hydroxylation sites is 4. The zero-order valence-electron chi connectivity index (χ0n) is 11.5. The highest BCUT2D eigenvalue weighted by molar-refractivity contribution is 5.84. The molecule has 1 aliphatic rings. The molecule has 0 unspecified atom stereocenters. The molecule has 2 aromatic carbocycles. The van der Waals surface area contributed by atoms with Crippen molar-refractivity contribution in [3.8, 4) is 5.75 Å². The van der Waals surface area contributed by atoms with E-state index in [9.17, 15) is 14.9 Å². The van der Waals surface area contributed by atoms with E-state index in [1.165, 1.54) is 6.07 Å². The van der Waals surface area contributed by atoms with E-state index < -0.39 is 16.9 Å². The summed E-state index contributed by atoms with van der Waals surface area (Å²) in [6.45, 7) is 0.122. The van der Waals surface area contributed by atoms with Gasteiger partial charge in [-0.1, -0.05) is 24.3 Å². The summed E-state index contributed by atoms with van der Waals surface area (Å²) in [6, 6.07) is 13.4. The number of hydrogen-bond donors (Lipinski definition) is 1. The fourth-order valence-corrected chi connectivity index (χ4v) is 2.46. The van der Waals surface area contributed by atoms with Crippen molar-refractivity contribution < 1.29 is 14.5 Å². The van der Waals surface area contributed by atoms with Crippen LogP contribution in [0.25, 0.3) is 0 Å². The van der Waals surface area contributed by atoms with Crippen LogP contribution in [0.3, 0.4) is 0 Å². The van der Waals surface area contributed by atoms with Crippen LogP contribution in [-0.4, -0.2) is 23.5 Å². The number of ether oxygens (including phenoxy) is 1. The van der Waals surface area contributed by atoms with Crippen molar-refractivity contribution in [1.82, 2.24) is 0 Å². The first-order valence-corrected chi connectivity index (χ1v) is 6.64. The maximum absolute atomic E-state index is 11.5. The summed E-state index contributed by atoms with van der Waals surface area (Å²) < 4.78 is 5.56. The van der Waals surface area contributed by atoms with Crippen LogP contribution in [0, 0.1) is 10.1 Å². The van der Waals surface area contributed by atoms with Crippen LogP contribution >= 0.6 is 0 Å². The van der Waals surface area contributed by atoms with Gasteiger partial charge in [0.05, 0.1) is 17.2 Å². The molecule has 22 heavy (non-hydrogen) atoms. The van der Waals surface area contributed by atoms with Crippen LogP contribution in [0.15, 0.2) is 48.5 Å². The van der Waals surface area contributed by atoms with Gasteiger partial charge in [-0.25, -0.2) is 0 Å². The van der Waals surface area contributed by atoms with Crippen molar-refractivity contribution in [2.75, 3.05) is 11.4 Å². The summed E-state index contributed by atoms with van der Waals surface area (Å²) in [6.07, 6.45) is -0.866. The Morgan fingerprint density at radius 2 is 1.82 bits per heavy atom. The quantitative estimate of drug-likeness (QED) is 0.690. The number of fused-ring (bicyclic) bond motifs is 1. The van der Waals surface area contributed by atoms with Gasteiger partial charge in [-0.05, 0) is 18.2 Å². The normalized spacial score (nSPS) is 16.5. The number of rotatable bonds is 3. The van der Waals surface area contributed by atoms with Crippen molar-refractivity contribution >= 4 is 23.0 Å². The first-order chi connectivity index (χ1) is 10.6. The minimum absolute atomic E-state index is 0.0394. The molecule has 0 bridgehead atoms. The van der Waals surface area contributed by atoms with E-state index in [0.29, 0.717) is 17.1 Å². The minimum atomic E-state index is -0.866. The molecule has 0 aromatic heterocycles. The number of nitro benzene ring substituents is 1. The Balaban J connectivity index is 2.13. The van der Waals surface area contributed by atoms with Crippen LogP contribution < -0.4 is 15.4 Å². The maximum atomic E-state index is 11.5. The van der Waals surface area contributed by atoms with Gasteiger partial charge in [0.25, 0.3) is 11.6 Å². The fourth-order valence-electron chi connectivity index (χ4n) is 2.46. The number of primary amides is 1. The Morgan fingerprint density at radius 3 is 2.50 bits per heavy atom. The molecular formula is C15H13N3O4. The van der Waals surface area contributed by atoms with Crippen LogP contribution in [-0.2, 0) is 4.79 Å². The van der Waals surface area contributed by atoms with E-state index in [1.54, 1.807) is 47.4 Å². The highest BCUT2D eigenvalue weighted by Gasteiger charge is 2.32. The number of nitrogens with two attached hydrogens (primary N) is 1. The van der Waals surface area contributed by atoms with Crippen molar-refractivity contribution in [2.24, 2.45) is 5.73 Å². The predicted octanol–water partition coefficient (Wildman–Crippen LogP) is 1.98. The van der Waals surface area contributed by atoms with E-state index in [0.717, 1.165) is 0 Å². The second kappa shape index (κ2) is 5.36. The van der Waals surface area contributed by atoms with Gasteiger partial charge < -0.3 is 15.4 Å². The average Bonchev–Trinajstić information content (AvgIpc) is 2.53. The third kappa shape index (κ3) is 2.32. The van der Waals surface area contributed by atoms with Crippen molar-refractivity contribution in [1.29, 1.82) is 0 Å². The molecule has 1 amide bonds.